The zero-order valence-corrected chi connectivity index (χ0v) is 12.3. The highest BCUT2D eigenvalue weighted by atomic mass is 32.2. The van der Waals surface area contributed by atoms with Crippen LogP contribution in [0, 0.1) is 0 Å². The average molecular weight is 313 g/mol. The number of nitrogens with one attached hydrogen (secondary N) is 1. The molecule has 0 saturated carbocycles. The van der Waals surface area contributed by atoms with Crippen molar-refractivity contribution in [2.45, 2.75) is 42.4 Å². The SMILES string of the molecule is NC(=S)c1ncccc1S(=O)(=O)NC1CC2CCC1O2. The van der Waals surface area contributed by atoms with Gasteiger partial charge in [-0.25, -0.2) is 13.1 Å². The maximum absolute atomic E-state index is 12.5. The van der Waals surface area contributed by atoms with Gasteiger partial charge in [-0.15, -0.1) is 0 Å². The van der Waals surface area contributed by atoms with Crippen molar-refractivity contribution >= 4 is 27.2 Å². The summed E-state index contributed by atoms with van der Waals surface area (Å²) in [6.07, 6.45) is 4.23. The molecule has 2 bridgehead atoms. The van der Waals surface area contributed by atoms with Gasteiger partial charge in [0.2, 0.25) is 10.0 Å². The number of aromatic nitrogens is 1. The van der Waals surface area contributed by atoms with E-state index in [4.69, 9.17) is 22.7 Å². The number of thiocarbonyl (C=S) groups is 1. The second-order valence-corrected chi connectivity index (χ2v) is 7.17. The number of sulfonamides is 1. The summed E-state index contributed by atoms with van der Waals surface area (Å²) in [7, 11) is -3.70. The lowest BCUT2D eigenvalue weighted by atomic mass is 9.96. The molecular formula is C12H15N3O3S2. The van der Waals surface area contributed by atoms with E-state index in [0.29, 0.717) is 6.42 Å². The number of hydrogen-bond donors (Lipinski definition) is 2. The maximum atomic E-state index is 12.5. The summed E-state index contributed by atoms with van der Waals surface area (Å²) in [6.45, 7) is 0. The molecule has 3 atom stereocenters. The van der Waals surface area contributed by atoms with Crippen LogP contribution in [0.25, 0.3) is 0 Å². The van der Waals surface area contributed by atoms with E-state index in [0.717, 1.165) is 12.8 Å². The molecule has 0 aliphatic carbocycles. The minimum atomic E-state index is -3.70. The van der Waals surface area contributed by atoms with Gasteiger partial charge in [0.15, 0.2) is 0 Å². The lowest BCUT2D eigenvalue weighted by molar-refractivity contribution is 0.0996. The maximum Gasteiger partial charge on any atom is 0.243 e. The van der Waals surface area contributed by atoms with Crippen molar-refractivity contribution in [3.8, 4) is 0 Å². The lowest BCUT2D eigenvalue weighted by Gasteiger charge is -2.20. The number of nitrogens with zero attached hydrogens (tertiary/aromatic N) is 1. The molecule has 1 aromatic heterocycles. The number of fused-ring (bicyclic) bond motifs is 2. The van der Waals surface area contributed by atoms with Crippen molar-refractivity contribution in [2.24, 2.45) is 5.73 Å². The first-order valence-corrected chi connectivity index (χ1v) is 8.29. The van der Waals surface area contributed by atoms with Crippen molar-refractivity contribution < 1.29 is 13.2 Å². The number of pyridine rings is 1. The van der Waals surface area contributed by atoms with Crippen LogP contribution < -0.4 is 10.5 Å². The van der Waals surface area contributed by atoms with Crippen molar-refractivity contribution in [3.05, 3.63) is 24.0 Å². The molecule has 3 rings (SSSR count). The molecule has 1 aromatic rings. The molecule has 3 N–H and O–H groups in total. The second kappa shape index (κ2) is 5.03. The van der Waals surface area contributed by atoms with Crippen LogP contribution >= 0.6 is 12.2 Å². The van der Waals surface area contributed by atoms with Gasteiger partial charge in [-0.2, -0.15) is 0 Å². The fourth-order valence-electron chi connectivity index (χ4n) is 2.82. The molecule has 6 nitrogen and oxygen atoms in total. The smallest absolute Gasteiger partial charge is 0.243 e. The number of hydrogen-bond acceptors (Lipinski definition) is 5. The van der Waals surface area contributed by atoms with Gasteiger partial charge >= 0.3 is 0 Å². The Morgan fingerprint density at radius 1 is 1.50 bits per heavy atom. The van der Waals surface area contributed by atoms with Crippen molar-refractivity contribution in [2.75, 3.05) is 0 Å². The summed E-state index contributed by atoms with van der Waals surface area (Å²) in [5.74, 6) is 0. The van der Waals surface area contributed by atoms with E-state index < -0.39 is 10.0 Å². The minimum absolute atomic E-state index is 0.0234. The molecule has 108 valence electrons. The van der Waals surface area contributed by atoms with Gasteiger partial charge in [0, 0.05) is 6.20 Å². The lowest BCUT2D eigenvalue weighted by Crippen LogP contribution is -2.41. The zero-order chi connectivity index (χ0) is 14.3. The third-order valence-corrected chi connectivity index (χ3v) is 5.42. The molecule has 20 heavy (non-hydrogen) atoms. The van der Waals surface area contributed by atoms with Crippen molar-refractivity contribution in [3.63, 3.8) is 0 Å². The Morgan fingerprint density at radius 2 is 2.30 bits per heavy atom. The van der Waals surface area contributed by atoms with E-state index in [1.54, 1.807) is 6.07 Å². The summed E-state index contributed by atoms with van der Waals surface area (Å²) >= 11 is 4.85. The molecule has 8 heteroatoms. The summed E-state index contributed by atoms with van der Waals surface area (Å²) in [4.78, 5) is 3.94. The number of rotatable bonds is 4. The Morgan fingerprint density at radius 3 is 2.90 bits per heavy atom. The van der Waals surface area contributed by atoms with Crippen LogP contribution in [0.3, 0.4) is 0 Å². The quantitative estimate of drug-likeness (QED) is 0.777. The summed E-state index contributed by atoms with van der Waals surface area (Å²) in [5, 5.41) is 0. The van der Waals surface area contributed by atoms with E-state index in [1.165, 1.54) is 12.3 Å². The summed E-state index contributed by atoms with van der Waals surface area (Å²) in [5.41, 5.74) is 5.66. The molecular weight excluding hydrogens is 298 g/mol. The standard InChI is InChI=1S/C12H15N3O3S2/c13-12(19)11-10(2-1-5-14-11)20(16,17)15-8-6-7-3-4-9(8)18-7/h1-2,5,7-9,15H,3-4,6H2,(H2,13,19). The minimum Gasteiger partial charge on any atom is -0.388 e. The van der Waals surface area contributed by atoms with E-state index in [9.17, 15) is 8.42 Å². The van der Waals surface area contributed by atoms with E-state index in [-0.39, 0.29) is 33.8 Å². The predicted octanol–water partition coefficient (Wildman–Crippen LogP) is 0.314. The highest BCUT2D eigenvalue weighted by Gasteiger charge is 2.42. The molecule has 2 aliphatic rings. The van der Waals surface area contributed by atoms with Crippen LogP contribution in [0.4, 0.5) is 0 Å². The van der Waals surface area contributed by atoms with E-state index in [1.807, 2.05) is 0 Å². The Bertz CT molecular complexity index is 647. The first-order valence-electron chi connectivity index (χ1n) is 6.40. The molecule has 0 amide bonds. The van der Waals surface area contributed by atoms with Gasteiger partial charge < -0.3 is 10.5 Å². The van der Waals surface area contributed by atoms with Crippen LogP contribution in [0.1, 0.15) is 25.0 Å². The van der Waals surface area contributed by atoms with Gasteiger partial charge in [-0.3, -0.25) is 4.98 Å². The van der Waals surface area contributed by atoms with Crippen LogP contribution in [0.15, 0.2) is 23.2 Å². The van der Waals surface area contributed by atoms with Crippen LogP contribution in [0.2, 0.25) is 0 Å². The number of nitrogens with two attached hydrogens (primary N) is 1. The topological polar surface area (TPSA) is 94.3 Å². The monoisotopic (exact) mass is 313 g/mol. The fraction of sp³-hybridized carbons (Fsp3) is 0.500. The molecule has 2 saturated heterocycles. The third-order valence-electron chi connectivity index (χ3n) is 3.71. The highest BCUT2D eigenvalue weighted by molar-refractivity contribution is 7.89. The summed E-state index contributed by atoms with van der Waals surface area (Å²) in [6, 6.07) is 2.82. The van der Waals surface area contributed by atoms with Crippen molar-refractivity contribution in [1.82, 2.24) is 9.71 Å². The van der Waals surface area contributed by atoms with Crippen LogP contribution in [0.5, 0.6) is 0 Å². The van der Waals surface area contributed by atoms with Gasteiger partial charge in [-0.05, 0) is 31.4 Å². The third kappa shape index (κ3) is 2.44. The Labute approximate surface area is 122 Å². The molecule has 3 heterocycles. The van der Waals surface area contributed by atoms with E-state index >= 15 is 0 Å². The average Bonchev–Trinajstić information content (AvgIpc) is 3.00. The second-order valence-electron chi connectivity index (χ2n) is 5.05. The molecule has 3 unspecified atom stereocenters. The van der Waals surface area contributed by atoms with Crippen LogP contribution in [-0.4, -0.2) is 36.6 Å². The normalized spacial score (nSPS) is 28.7. The van der Waals surface area contributed by atoms with Gasteiger partial charge in [-0.1, -0.05) is 12.2 Å². The largest absolute Gasteiger partial charge is 0.388 e. The summed E-state index contributed by atoms with van der Waals surface area (Å²) < 4.78 is 33.3. The first kappa shape index (κ1) is 13.9. The number of ether oxygens (including phenoxy) is 1. The Kier molecular flexibility index (Phi) is 3.49. The van der Waals surface area contributed by atoms with Gasteiger partial charge in [0.1, 0.15) is 15.6 Å². The first-order chi connectivity index (χ1) is 9.47. The Hall–Kier alpha value is -1.09. The molecule has 2 aliphatic heterocycles. The fourth-order valence-corrected chi connectivity index (χ4v) is 4.49. The molecule has 0 spiro atoms. The molecule has 0 aromatic carbocycles. The molecule has 2 fully saturated rings. The Balaban J connectivity index is 1.87. The zero-order valence-electron chi connectivity index (χ0n) is 10.7. The predicted molar refractivity (Wildman–Crippen MR) is 76.7 cm³/mol. The van der Waals surface area contributed by atoms with E-state index in [2.05, 4.69) is 9.71 Å². The van der Waals surface area contributed by atoms with Crippen molar-refractivity contribution in [1.29, 1.82) is 0 Å². The van der Waals surface area contributed by atoms with Gasteiger partial charge in [0.05, 0.1) is 18.2 Å². The highest BCUT2D eigenvalue weighted by Crippen LogP contribution is 2.35. The molecule has 0 radical (unpaired) electrons. The van der Waals surface area contributed by atoms with Crippen LogP contribution in [-0.2, 0) is 14.8 Å². The van der Waals surface area contributed by atoms with Gasteiger partial charge in [0.25, 0.3) is 0 Å².